The first kappa shape index (κ1) is 29.1. The van der Waals surface area contributed by atoms with Gasteiger partial charge in [-0.1, -0.05) is 131 Å². The van der Waals surface area contributed by atoms with Crippen LogP contribution in [0.5, 0.6) is 0 Å². The Kier molecular flexibility index (Phi) is 6.01. The number of benzene rings is 7. The summed E-state index contributed by atoms with van der Waals surface area (Å²) in [5, 5.41) is 2.57. The second-order valence-electron chi connectivity index (χ2n) is 15.0. The molecule has 7 aromatic carbocycles. The Balaban J connectivity index is 1.14. The average Bonchev–Trinajstić information content (AvgIpc) is 3.49. The maximum atomic E-state index is 2.55. The maximum absolute atomic E-state index is 2.55. The van der Waals surface area contributed by atoms with Gasteiger partial charge in [0.1, 0.15) is 0 Å². The van der Waals surface area contributed by atoms with E-state index in [9.17, 15) is 0 Å². The van der Waals surface area contributed by atoms with Gasteiger partial charge in [-0.25, -0.2) is 0 Å². The summed E-state index contributed by atoms with van der Waals surface area (Å²) in [6.07, 6.45) is 0. The third kappa shape index (κ3) is 3.96. The Bertz CT molecular complexity index is 2580. The molecule has 0 amide bonds. The summed E-state index contributed by atoms with van der Waals surface area (Å²) >= 11 is 0. The van der Waals surface area contributed by atoms with Gasteiger partial charge < -0.3 is 9.47 Å². The highest BCUT2D eigenvalue weighted by Crippen LogP contribution is 2.61. The van der Waals surface area contributed by atoms with Crippen molar-refractivity contribution in [2.24, 2.45) is 0 Å². The van der Waals surface area contributed by atoms with Crippen molar-refractivity contribution in [3.05, 3.63) is 180 Å². The standard InChI is InChI=1S/C48H38N2/c1-47(2)38-18-10-13-21-44(38)50-45-27-24-33(28-39(45)48(3,4)41-30-34(29-40(47)46(41)50)31-14-6-5-7-15-31)32-22-25-35(26-23-32)49-42-19-11-8-16-36(42)37-17-9-12-20-43(37)49/h5-30H,1-4H3. The molecule has 8 aromatic rings. The van der Waals surface area contributed by atoms with Crippen LogP contribution in [-0.2, 0) is 10.8 Å². The Labute approximate surface area is 293 Å². The molecule has 0 spiro atoms. The van der Waals surface area contributed by atoms with E-state index in [2.05, 4.69) is 195 Å². The normalized spacial score (nSPS) is 15.1. The minimum absolute atomic E-state index is 0.145. The van der Waals surface area contributed by atoms with Crippen molar-refractivity contribution in [1.29, 1.82) is 0 Å². The molecular weight excluding hydrogens is 605 g/mol. The van der Waals surface area contributed by atoms with Gasteiger partial charge in [0.25, 0.3) is 0 Å². The molecule has 0 radical (unpaired) electrons. The summed E-state index contributed by atoms with van der Waals surface area (Å²) < 4.78 is 2.39. The van der Waals surface area contributed by atoms with E-state index in [0.717, 1.165) is 0 Å². The van der Waals surface area contributed by atoms with Crippen LogP contribution in [0, 0.1) is 0 Å². The fraction of sp³-hybridized carbons (Fsp3) is 0.125. The zero-order chi connectivity index (χ0) is 33.8. The molecule has 240 valence electrons. The predicted molar refractivity (Wildman–Crippen MR) is 211 cm³/mol. The lowest BCUT2D eigenvalue weighted by Gasteiger charge is -2.49. The summed E-state index contributed by atoms with van der Waals surface area (Å²) in [5.41, 5.74) is 17.6. The highest BCUT2D eigenvalue weighted by atomic mass is 15.2. The molecule has 0 fully saturated rings. The van der Waals surface area contributed by atoms with Gasteiger partial charge in [0.2, 0.25) is 0 Å². The number of para-hydroxylation sites is 3. The molecular formula is C48H38N2. The number of hydrogen-bond donors (Lipinski definition) is 0. The number of anilines is 3. The largest absolute Gasteiger partial charge is 0.309 e. The molecule has 0 saturated heterocycles. The van der Waals surface area contributed by atoms with Crippen LogP contribution in [-0.4, -0.2) is 4.57 Å². The SMILES string of the molecule is CC1(C)c2ccccc2N2c3ccc(-c4ccc(-n5c6ccccc6c6ccccc65)cc4)cc3C(C)(C)c3cc(-c4ccccc4)cc1c32. The molecule has 2 aliphatic heterocycles. The average molecular weight is 643 g/mol. The van der Waals surface area contributed by atoms with Crippen LogP contribution >= 0.6 is 0 Å². The lowest BCUT2D eigenvalue weighted by Crippen LogP contribution is -2.38. The molecule has 1 aromatic heterocycles. The number of hydrogen-bond acceptors (Lipinski definition) is 1. The van der Waals surface area contributed by atoms with Gasteiger partial charge >= 0.3 is 0 Å². The van der Waals surface area contributed by atoms with Gasteiger partial charge in [-0.2, -0.15) is 0 Å². The van der Waals surface area contributed by atoms with Gasteiger partial charge in [0.15, 0.2) is 0 Å². The highest BCUT2D eigenvalue weighted by Gasteiger charge is 2.45. The van der Waals surface area contributed by atoms with Gasteiger partial charge in [0, 0.05) is 27.3 Å². The van der Waals surface area contributed by atoms with Crippen molar-refractivity contribution in [3.63, 3.8) is 0 Å². The monoisotopic (exact) mass is 642 g/mol. The quantitative estimate of drug-likeness (QED) is 0.186. The second-order valence-corrected chi connectivity index (χ2v) is 15.0. The topological polar surface area (TPSA) is 8.17 Å². The van der Waals surface area contributed by atoms with E-state index in [1.54, 1.807) is 0 Å². The number of nitrogens with zero attached hydrogens (tertiary/aromatic N) is 2. The van der Waals surface area contributed by atoms with Crippen molar-refractivity contribution in [3.8, 4) is 27.9 Å². The lowest BCUT2D eigenvalue weighted by molar-refractivity contribution is 0.598. The van der Waals surface area contributed by atoms with Crippen molar-refractivity contribution in [2.75, 3.05) is 4.90 Å². The molecule has 2 nitrogen and oxygen atoms in total. The molecule has 50 heavy (non-hydrogen) atoms. The second kappa shape index (κ2) is 10.3. The van der Waals surface area contributed by atoms with Gasteiger partial charge in [-0.3, -0.25) is 0 Å². The molecule has 0 saturated carbocycles. The van der Waals surface area contributed by atoms with E-state index in [-0.39, 0.29) is 10.8 Å². The minimum Gasteiger partial charge on any atom is -0.309 e. The van der Waals surface area contributed by atoms with E-state index in [1.807, 2.05) is 0 Å². The Morgan fingerprint density at radius 3 is 1.56 bits per heavy atom. The van der Waals surface area contributed by atoms with Crippen LogP contribution in [0.25, 0.3) is 49.7 Å². The van der Waals surface area contributed by atoms with Crippen LogP contribution in [0.2, 0.25) is 0 Å². The molecule has 0 N–H and O–H groups in total. The van der Waals surface area contributed by atoms with Crippen LogP contribution in [0.1, 0.15) is 49.9 Å². The first-order valence-corrected chi connectivity index (χ1v) is 17.7. The lowest BCUT2D eigenvalue weighted by atomic mass is 9.65. The highest BCUT2D eigenvalue weighted by molar-refractivity contribution is 6.09. The first-order valence-electron chi connectivity index (χ1n) is 17.7. The summed E-state index contributed by atoms with van der Waals surface area (Å²) in [6, 6.07) is 58.4. The number of fused-ring (bicyclic) bond motifs is 7. The number of rotatable bonds is 3. The third-order valence-electron chi connectivity index (χ3n) is 11.6. The minimum atomic E-state index is -0.220. The smallest absolute Gasteiger partial charge is 0.0544 e. The third-order valence-corrected chi connectivity index (χ3v) is 11.6. The van der Waals surface area contributed by atoms with E-state index in [4.69, 9.17) is 0 Å². The molecule has 0 aliphatic carbocycles. The van der Waals surface area contributed by atoms with Crippen LogP contribution in [0.4, 0.5) is 17.1 Å². The Morgan fingerprint density at radius 2 is 0.880 bits per heavy atom. The number of aromatic nitrogens is 1. The van der Waals surface area contributed by atoms with Crippen molar-refractivity contribution < 1.29 is 0 Å². The molecule has 10 rings (SSSR count). The molecule has 3 heterocycles. The first-order chi connectivity index (χ1) is 24.3. The Hall–Kier alpha value is -5.86. The summed E-state index contributed by atoms with van der Waals surface area (Å²) in [6.45, 7) is 9.61. The van der Waals surface area contributed by atoms with Crippen LogP contribution in [0.3, 0.4) is 0 Å². The van der Waals surface area contributed by atoms with Crippen molar-refractivity contribution in [1.82, 2.24) is 4.57 Å². The van der Waals surface area contributed by atoms with Gasteiger partial charge in [0.05, 0.1) is 28.1 Å². The van der Waals surface area contributed by atoms with Crippen molar-refractivity contribution >= 4 is 38.9 Å². The zero-order valence-corrected chi connectivity index (χ0v) is 28.9. The fourth-order valence-corrected chi connectivity index (χ4v) is 8.90. The van der Waals surface area contributed by atoms with E-state index < -0.39 is 0 Å². The van der Waals surface area contributed by atoms with E-state index in [1.165, 1.54) is 89.1 Å². The molecule has 0 atom stereocenters. The van der Waals surface area contributed by atoms with Crippen molar-refractivity contribution in [2.45, 2.75) is 38.5 Å². The molecule has 2 heteroatoms. The van der Waals surface area contributed by atoms with E-state index >= 15 is 0 Å². The molecule has 0 unspecified atom stereocenters. The summed E-state index contributed by atoms with van der Waals surface area (Å²) in [7, 11) is 0. The fourth-order valence-electron chi connectivity index (χ4n) is 8.90. The van der Waals surface area contributed by atoms with Gasteiger partial charge in [-0.15, -0.1) is 0 Å². The van der Waals surface area contributed by atoms with Crippen LogP contribution < -0.4 is 4.90 Å². The zero-order valence-electron chi connectivity index (χ0n) is 28.9. The summed E-state index contributed by atoms with van der Waals surface area (Å²) in [5.74, 6) is 0. The predicted octanol–water partition coefficient (Wildman–Crippen LogP) is 12.9. The van der Waals surface area contributed by atoms with E-state index in [0.29, 0.717) is 0 Å². The molecule has 2 aliphatic rings. The van der Waals surface area contributed by atoms with Gasteiger partial charge in [-0.05, 0) is 99.1 Å². The summed E-state index contributed by atoms with van der Waals surface area (Å²) in [4.78, 5) is 2.55. The Morgan fingerprint density at radius 1 is 0.380 bits per heavy atom. The van der Waals surface area contributed by atoms with Crippen LogP contribution in [0.15, 0.2) is 158 Å². The maximum Gasteiger partial charge on any atom is 0.0544 e. The molecule has 0 bridgehead atoms.